The highest BCUT2D eigenvalue weighted by molar-refractivity contribution is 5.83. The number of para-hydroxylation sites is 2. The first-order valence-electron chi connectivity index (χ1n) is 10.1. The summed E-state index contributed by atoms with van der Waals surface area (Å²) in [5, 5.41) is 23.5. The normalized spacial score (nSPS) is 11.7. The molecule has 0 aliphatic rings. The Balaban J connectivity index is 1.69. The van der Waals surface area contributed by atoms with Crippen molar-refractivity contribution < 1.29 is 5.11 Å². The van der Waals surface area contributed by atoms with Crippen LogP contribution in [0, 0.1) is 18.3 Å². The lowest BCUT2D eigenvalue weighted by atomic mass is 10.0. The lowest BCUT2D eigenvalue weighted by Gasteiger charge is -2.09. The number of hydrogen-bond donors (Lipinski definition) is 2. The van der Waals surface area contributed by atoms with Gasteiger partial charge in [0.2, 0.25) is 0 Å². The molecule has 0 aliphatic carbocycles. The maximum atomic E-state index is 13.4. The minimum absolute atomic E-state index is 0.0562. The Hall–Kier alpha value is -4.63. The zero-order valence-electron chi connectivity index (χ0n) is 17.2. The highest BCUT2D eigenvalue weighted by atomic mass is 16.3. The Bertz CT molecular complexity index is 1650. The number of imidazole rings is 1. The van der Waals surface area contributed by atoms with Gasteiger partial charge in [-0.2, -0.15) is 5.26 Å². The van der Waals surface area contributed by atoms with E-state index in [2.05, 4.69) is 16.4 Å². The van der Waals surface area contributed by atoms with Crippen molar-refractivity contribution in [2.24, 2.45) is 0 Å². The van der Waals surface area contributed by atoms with Crippen molar-refractivity contribution in [3.8, 4) is 22.9 Å². The van der Waals surface area contributed by atoms with Crippen LogP contribution in [0.5, 0.6) is 5.75 Å². The number of pyridine rings is 1. The molecule has 5 rings (SSSR count). The lowest BCUT2D eigenvalue weighted by molar-refractivity contribution is 0.478. The number of anilines is 1. The van der Waals surface area contributed by atoms with Crippen molar-refractivity contribution in [2.75, 3.05) is 5.32 Å². The molecule has 0 fully saturated rings. The molecule has 0 radical (unpaired) electrons. The fraction of sp³-hybridized carbons (Fsp3) is 0.0385. The van der Waals surface area contributed by atoms with E-state index in [9.17, 15) is 15.2 Å². The molecule has 0 spiro atoms. The molecule has 0 saturated carbocycles. The number of nitrogens with zero attached hydrogens (tertiary/aromatic N) is 3. The first-order chi connectivity index (χ1) is 15.6. The Morgan fingerprint density at radius 2 is 1.78 bits per heavy atom. The Labute approximate surface area is 183 Å². The summed E-state index contributed by atoms with van der Waals surface area (Å²) in [7, 11) is 0. The van der Waals surface area contributed by atoms with E-state index in [1.807, 2.05) is 60.7 Å². The van der Waals surface area contributed by atoms with Crippen molar-refractivity contribution in [3.05, 3.63) is 99.5 Å². The summed E-state index contributed by atoms with van der Waals surface area (Å²) in [6.07, 6.45) is 1.54. The number of phenolic OH excluding ortho intramolecular Hbond substituents is 1. The topological polar surface area (TPSA) is 90.4 Å². The number of benzene rings is 3. The minimum atomic E-state index is -0.281. The fourth-order valence-corrected chi connectivity index (χ4v) is 3.90. The maximum absolute atomic E-state index is 13.4. The summed E-state index contributed by atoms with van der Waals surface area (Å²) in [6.45, 7) is 1.73. The highest BCUT2D eigenvalue weighted by Crippen LogP contribution is 2.29. The first kappa shape index (κ1) is 19.3. The number of nitrogens with one attached hydrogen (secondary N) is 1. The molecule has 2 aromatic heterocycles. The quantitative estimate of drug-likeness (QED) is 0.433. The molecule has 0 bridgehead atoms. The van der Waals surface area contributed by atoms with Crippen LogP contribution in [0.2, 0.25) is 0 Å². The molecule has 2 N–H and O–H groups in total. The number of phenols is 1. The van der Waals surface area contributed by atoms with Gasteiger partial charge in [-0.3, -0.25) is 9.20 Å². The second kappa shape index (κ2) is 7.56. The molecule has 3 aromatic carbocycles. The van der Waals surface area contributed by atoms with E-state index in [0.717, 1.165) is 11.1 Å². The van der Waals surface area contributed by atoms with Gasteiger partial charge in [-0.25, -0.2) is 4.98 Å². The smallest absolute Gasteiger partial charge is 0.265 e. The van der Waals surface area contributed by atoms with Crippen molar-refractivity contribution in [3.63, 3.8) is 0 Å². The SMILES string of the molecule is Cc1c(C#N)c2nc3ccccc3n2c(=O)c1=CNc1cc(-c2ccccc2)ccc1O. The van der Waals surface area contributed by atoms with Gasteiger partial charge >= 0.3 is 0 Å². The molecule has 0 amide bonds. The van der Waals surface area contributed by atoms with Gasteiger partial charge < -0.3 is 10.4 Å². The second-order valence-corrected chi connectivity index (χ2v) is 7.48. The summed E-state index contributed by atoms with van der Waals surface area (Å²) in [6, 6.07) is 24.5. The number of aromatic nitrogens is 2. The van der Waals surface area contributed by atoms with Crippen LogP contribution < -0.4 is 16.1 Å². The van der Waals surface area contributed by atoms with E-state index >= 15 is 0 Å². The van der Waals surface area contributed by atoms with Gasteiger partial charge in [0.15, 0.2) is 5.65 Å². The average molecular weight is 418 g/mol. The molecule has 5 aromatic rings. The highest BCUT2D eigenvalue weighted by Gasteiger charge is 2.16. The van der Waals surface area contributed by atoms with Crippen LogP contribution in [0.25, 0.3) is 34.0 Å². The van der Waals surface area contributed by atoms with Crippen LogP contribution in [-0.2, 0) is 0 Å². The number of hydrogen-bond acceptors (Lipinski definition) is 5. The van der Waals surface area contributed by atoms with Crippen LogP contribution in [0.3, 0.4) is 0 Å². The Morgan fingerprint density at radius 3 is 2.56 bits per heavy atom. The van der Waals surface area contributed by atoms with Crippen molar-refractivity contribution in [1.82, 2.24) is 9.38 Å². The predicted molar refractivity (Wildman–Crippen MR) is 125 cm³/mol. The van der Waals surface area contributed by atoms with E-state index < -0.39 is 0 Å². The minimum Gasteiger partial charge on any atom is -0.506 e. The third-order valence-electron chi connectivity index (χ3n) is 5.58. The Kier molecular flexibility index (Phi) is 4.57. The van der Waals surface area contributed by atoms with E-state index in [0.29, 0.717) is 38.7 Å². The van der Waals surface area contributed by atoms with E-state index in [1.165, 1.54) is 10.6 Å². The molecule has 154 valence electrons. The van der Waals surface area contributed by atoms with Crippen LogP contribution in [0.1, 0.15) is 11.1 Å². The zero-order valence-corrected chi connectivity index (χ0v) is 17.2. The molecule has 0 aliphatic heterocycles. The summed E-state index contributed by atoms with van der Waals surface area (Å²) in [5.41, 5.74) is 4.63. The van der Waals surface area contributed by atoms with Gasteiger partial charge in [0.25, 0.3) is 5.56 Å². The number of rotatable bonds is 3. The lowest BCUT2D eigenvalue weighted by Crippen LogP contribution is -2.34. The van der Waals surface area contributed by atoms with Crippen molar-refractivity contribution in [2.45, 2.75) is 6.92 Å². The first-order valence-corrected chi connectivity index (χ1v) is 10.1. The summed E-state index contributed by atoms with van der Waals surface area (Å²) < 4.78 is 1.47. The maximum Gasteiger partial charge on any atom is 0.265 e. The second-order valence-electron chi connectivity index (χ2n) is 7.48. The standard InChI is InChI=1S/C26H18N4O2/c1-16-19(14-27)25-29-21-9-5-6-10-23(21)30(25)26(32)20(16)15-28-22-13-18(11-12-24(22)31)17-7-3-2-4-8-17/h2-13,15,28,31H,1H3. The molecular weight excluding hydrogens is 400 g/mol. The molecule has 0 saturated heterocycles. The predicted octanol–water partition coefficient (Wildman–Crippen LogP) is 3.97. The third kappa shape index (κ3) is 3.04. The van der Waals surface area contributed by atoms with Crippen LogP contribution >= 0.6 is 0 Å². The molecule has 0 unspecified atom stereocenters. The fourth-order valence-electron chi connectivity index (χ4n) is 3.90. The van der Waals surface area contributed by atoms with Gasteiger partial charge in [-0.15, -0.1) is 0 Å². The van der Waals surface area contributed by atoms with Gasteiger partial charge in [0.05, 0.1) is 27.5 Å². The average Bonchev–Trinajstić information content (AvgIpc) is 3.20. The molecule has 0 atom stereocenters. The third-order valence-corrected chi connectivity index (χ3v) is 5.58. The van der Waals surface area contributed by atoms with Gasteiger partial charge in [-0.05, 0) is 47.9 Å². The largest absolute Gasteiger partial charge is 0.506 e. The molecule has 2 heterocycles. The zero-order chi connectivity index (χ0) is 22.2. The van der Waals surface area contributed by atoms with E-state index in [-0.39, 0.29) is 11.3 Å². The van der Waals surface area contributed by atoms with Crippen molar-refractivity contribution in [1.29, 1.82) is 5.26 Å². The Morgan fingerprint density at radius 1 is 1.03 bits per heavy atom. The number of aromatic hydroxyl groups is 1. The van der Waals surface area contributed by atoms with E-state index in [1.54, 1.807) is 19.1 Å². The van der Waals surface area contributed by atoms with Crippen molar-refractivity contribution >= 4 is 28.6 Å². The van der Waals surface area contributed by atoms with Gasteiger partial charge in [-0.1, -0.05) is 48.5 Å². The summed E-state index contributed by atoms with van der Waals surface area (Å²) >= 11 is 0. The van der Waals surface area contributed by atoms with Crippen LogP contribution in [-0.4, -0.2) is 14.5 Å². The summed E-state index contributed by atoms with van der Waals surface area (Å²) in [5.74, 6) is 0.0562. The molecule has 6 heteroatoms. The molecule has 32 heavy (non-hydrogen) atoms. The van der Waals surface area contributed by atoms with Gasteiger partial charge in [0, 0.05) is 6.20 Å². The number of fused-ring (bicyclic) bond motifs is 3. The van der Waals surface area contributed by atoms with Gasteiger partial charge in [0.1, 0.15) is 11.8 Å². The summed E-state index contributed by atoms with van der Waals surface area (Å²) in [4.78, 5) is 17.9. The van der Waals surface area contributed by atoms with Crippen LogP contribution in [0.15, 0.2) is 77.6 Å². The molecular formula is C26H18N4O2. The number of nitriles is 1. The molecule has 6 nitrogen and oxygen atoms in total. The van der Waals surface area contributed by atoms with E-state index in [4.69, 9.17) is 0 Å². The van der Waals surface area contributed by atoms with Crippen LogP contribution in [0.4, 0.5) is 5.69 Å². The monoisotopic (exact) mass is 418 g/mol.